The Morgan fingerprint density at radius 3 is 2.45 bits per heavy atom. The SMILES string of the molecule is C[C@H]1[C@H]([Si](C)(C)F)[C@@H](CCO)O[C@]12C(=O)N(Cc1ccc(-n3ncc4ccccc4c3=O)cc1)c1ccccc12. The van der Waals surface area contributed by atoms with Crippen molar-refractivity contribution in [1.29, 1.82) is 0 Å². The number of halogens is 1. The number of fused-ring (bicyclic) bond motifs is 3. The molecule has 206 valence electrons. The summed E-state index contributed by atoms with van der Waals surface area (Å²) in [7, 11) is -3.23. The van der Waals surface area contributed by atoms with E-state index < -0.39 is 25.7 Å². The number of aliphatic hydroxyl groups excluding tert-OH is 1. The van der Waals surface area contributed by atoms with Crippen molar-refractivity contribution < 1.29 is 18.7 Å². The predicted octanol–water partition coefficient (Wildman–Crippen LogP) is 5.09. The molecule has 4 atom stereocenters. The second-order valence-electron chi connectivity index (χ2n) is 11.3. The van der Waals surface area contributed by atoms with Crippen LogP contribution in [0.2, 0.25) is 18.6 Å². The minimum absolute atomic E-state index is 0.129. The lowest BCUT2D eigenvalue weighted by molar-refractivity contribution is -0.146. The standard InChI is InChI=1S/C31H32FN3O4Si/c1-20-28(40(2,3)32)27(16-17-36)39-31(20)25-10-6-7-11-26(25)34(30(31)38)19-21-12-14-23(15-13-21)35-29(37)24-9-5-4-8-22(24)18-33-35/h4-15,18,20,27-28,36H,16-17,19H2,1-3H3/t20-,27+,28-,31+/m0/s1. The third-order valence-corrected chi connectivity index (χ3v) is 11.0. The maximum absolute atomic E-state index is 15.6. The summed E-state index contributed by atoms with van der Waals surface area (Å²) >= 11 is 0. The van der Waals surface area contributed by atoms with E-state index in [1.807, 2.05) is 73.7 Å². The van der Waals surface area contributed by atoms with E-state index in [0.717, 1.165) is 22.2 Å². The van der Waals surface area contributed by atoms with Crippen molar-refractivity contribution in [2.75, 3.05) is 11.5 Å². The Balaban J connectivity index is 1.33. The van der Waals surface area contributed by atoms with Crippen LogP contribution in [-0.4, -0.2) is 41.9 Å². The zero-order valence-corrected chi connectivity index (χ0v) is 23.8. The van der Waals surface area contributed by atoms with Crippen LogP contribution in [0.5, 0.6) is 0 Å². The molecule has 1 spiro atoms. The highest BCUT2D eigenvalue weighted by Crippen LogP contribution is 2.60. The van der Waals surface area contributed by atoms with Crippen LogP contribution in [-0.2, 0) is 21.7 Å². The van der Waals surface area contributed by atoms with Crippen LogP contribution < -0.4 is 10.5 Å². The number of carbonyl (C=O) groups is 1. The first-order chi connectivity index (χ1) is 19.2. The van der Waals surface area contributed by atoms with E-state index in [4.69, 9.17) is 4.74 Å². The lowest BCUT2D eigenvalue weighted by atomic mass is 9.82. The molecule has 3 aromatic carbocycles. The molecule has 9 heteroatoms. The summed E-state index contributed by atoms with van der Waals surface area (Å²) < 4.78 is 23.5. The van der Waals surface area contributed by atoms with Gasteiger partial charge in [-0.1, -0.05) is 55.5 Å². The van der Waals surface area contributed by atoms with E-state index in [0.29, 0.717) is 17.6 Å². The molecule has 0 bridgehead atoms. The van der Waals surface area contributed by atoms with Gasteiger partial charge in [0.1, 0.15) is 0 Å². The summed E-state index contributed by atoms with van der Waals surface area (Å²) in [6.45, 7) is 5.38. The summed E-state index contributed by atoms with van der Waals surface area (Å²) in [6, 6.07) is 22.3. The fourth-order valence-corrected chi connectivity index (χ4v) is 9.30. The minimum Gasteiger partial charge on any atom is -0.396 e. The van der Waals surface area contributed by atoms with Gasteiger partial charge in [-0.25, -0.2) is 0 Å². The fraction of sp³-hybridized carbons (Fsp3) is 0.323. The van der Waals surface area contributed by atoms with Crippen LogP contribution in [0.4, 0.5) is 9.80 Å². The number of aliphatic hydroxyl groups is 1. The van der Waals surface area contributed by atoms with Gasteiger partial charge in [0.25, 0.3) is 11.5 Å². The van der Waals surface area contributed by atoms with E-state index in [1.165, 1.54) is 4.68 Å². The van der Waals surface area contributed by atoms with Crippen LogP contribution in [0.1, 0.15) is 24.5 Å². The number of ether oxygens (including phenoxy) is 1. The Morgan fingerprint density at radius 1 is 1.02 bits per heavy atom. The zero-order chi connectivity index (χ0) is 28.2. The van der Waals surface area contributed by atoms with Crippen LogP contribution in [0.3, 0.4) is 0 Å². The van der Waals surface area contributed by atoms with Crippen LogP contribution >= 0.6 is 0 Å². The van der Waals surface area contributed by atoms with Crippen LogP contribution in [0.15, 0.2) is 83.8 Å². The molecule has 1 amide bonds. The smallest absolute Gasteiger partial charge is 0.279 e. The van der Waals surface area contributed by atoms with Crippen molar-refractivity contribution in [2.45, 2.75) is 50.2 Å². The van der Waals surface area contributed by atoms with Gasteiger partial charge in [-0.15, -0.1) is 0 Å². The molecule has 1 N–H and O–H groups in total. The van der Waals surface area contributed by atoms with Crippen LogP contribution in [0, 0.1) is 5.92 Å². The Hall–Kier alpha value is -3.66. The highest BCUT2D eigenvalue weighted by molar-refractivity contribution is 6.72. The molecule has 2 aliphatic rings. The molecule has 1 fully saturated rings. The quantitative estimate of drug-likeness (QED) is 0.264. The number of benzene rings is 3. The van der Waals surface area contributed by atoms with Crippen molar-refractivity contribution in [3.05, 3.63) is 100 Å². The molecule has 1 aromatic heterocycles. The lowest BCUT2D eigenvalue weighted by Crippen LogP contribution is -2.45. The van der Waals surface area contributed by atoms with Gasteiger partial charge in [0.05, 0.1) is 35.6 Å². The first-order valence-corrected chi connectivity index (χ1v) is 16.6. The maximum Gasteiger partial charge on any atom is 0.279 e. The van der Waals surface area contributed by atoms with E-state index in [9.17, 15) is 14.7 Å². The minimum atomic E-state index is -3.23. The van der Waals surface area contributed by atoms with E-state index >= 15 is 4.11 Å². The summed E-state index contributed by atoms with van der Waals surface area (Å²) in [6.07, 6.45) is 1.43. The summed E-state index contributed by atoms with van der Waals surface area (Å²) in [5.41, 5.74) is 1.07. The normalized spacial score (nSPS) is 24.3. The van der Waals surface area contributed by atoms with Gasteiger partial charge in [-0.3, -0.25) is 9.59 Å². The average molecular weight is 558 g/mol. The van der Waals surface area contributed by atoms with Crippen molar-refractivity contribution in [3.8, 4) is 5.69 Å². The second kappa shape index (κ2) is 9.76. The highest BCUT2D eigenvalue weighted by Gasteiger charge is 2.66. The maximum atomic E-state index is 15.6. The number of rotatable bonds is 6. The molecule has 1 saturated heterocycles. The Kier molecular flexibility index (Phi) is 6.48. The Labute approximate surface area is 233 Å². The van der Waals surface area contributed by atoms with E-state index in [1.54, 1.807) is 30.3 Å². The Morgan fingerprint density at radius 2 is 1.73 bits per heavy atom. The number of anilines is 1. The number of hydrogen-bond acceptors (Lipinski definition) is 5. The van der Waals surface area contributed by atoms with E-state index in [2.05, 4.69) is 5.10 Å². The fourth-order valence-electron chi connectivity index (χ4n) is 6.76. The summed E-state index contributed by atoms with van der Waals surface area (Å²) in [5.74, 6) is -0.594. The largest absolute Gasteiger partial charge is 0.396 e. The third kappa shape index (κ3) is 4.03. The molecule has 0 unspecified atom stereocenters. The molecule has 7 nitrogen and oxygen atoms in total. The van der Waals surface area contributed by atoms with Crippen LogP contribution in [0.25, 0.3) is 16.5 Å². The molecular formula is C31H32FN3O4Si. The van der Waals surface area contributed by atoms with Crippen molar-refractivity contribution in [1.82, 2.24) is 9.78 Å². The second-order valence-corrected chi connectivity index (χ2v) is 15.1. The van der Waals surface area contributed by atoms with Gasteiger partial charge in [-0.2, -0.15) is 9.78 Å². The number of aromatic nitrogens is 2. The molecule has 6 rings (SSSR count). The van der Waals surface area contributed by atoms with Gasteiger partial charge < -0.3 is 18.9 Å². The van der Waals surface area contributed by atoms with Crippen molar-refractivity contribution in [2.24, 2.45) is 5.92 Å². The molecule has 3 heterocycles. The molecular weight excluding hydrogens is 525 g/mol. The first-order valence-electron chi connectivity index (χ1n) is 13.6. The number of amides is 1. The lowest BCUT2D eigenvalue weighted by Gasteiger charge is -2.31. The molecule has 4 aromatic rings. The van der Waals surface area contributed by atoms with Gasteiger partial charge in [0.2, 0.25) is 8.41 Å². The number of nitrogens with zero attached hydrogens (tertiary/aromatic N) is 3. The predicted molar refractivity (Wildman–Crippen MR) is 155 cm³/mol. The average Bonchev–Trinajstić information content (AvgIpc) is 3.37. The number of para-hydroxylation sites is 1. The summed E-state index contributed by atoms with van der Waals surface area (Å²) in [5, 5.41) is 15.4. The van der Waals surface area contributed by atoms with Gasteiger partial charge in [-0.05, 0) is 49.3 Å². The van der Waals surface area contributed by atoms with Crippen molar-refractivity contribution >= 4 is 30.8 Å². The van der Waals surface area contributed by atoms with Gasteiger partial charge in [0, 0.05) is 29.0 Å². The first kappa shape index (κ1) is 26.6. The zero-order valence-electron chi connectivity index (χ0n) is 22.8. The van der Waals surface area contributed by atoms with Gasteiger partial charge >= 0.3 is 0 Å². The highest BCUT2D eigenvalue weighted by atomic mass is 28.4. The number of carbonyl (C=O) groups excluding carboxylic acids is 1. The topological polar surface area (TPSA) is 84.7 Å². The molecule has 40 heavy (non-hydrogen) atoms. The van der Waals surface area contributed by atoms with Crippen molar-refractivity contribution in [3.63, 3.8) is 0 Å². The molecule has 0 aliphatic carbocycles. The molecule has 0 radical (unpaired) electrons. The monoisotopic (exact) mass is 557 g/mol. The van der Waals surface area contributed by atoms with E-state index in [-0.39, 0.29) is 30.4 Å². The molecule has 0 saturated carbocycles. The summed E-state index contributed by atoms with van der Waals surface area (Å²) in [4.78, 5) is 29.0. The Bertz CT molecular complexity index is 1650. The van der Waals surface area contributed by atoms with Gasteiger partial charge in [0.15, 0.2) is 5.60 Å². The third-order valence-electron chi connectivity index (χ3n) is 8.50. The number of hydrogen-bond donors (Lipinski definition) is 1. The molecule has 2 aliphatic heterocycles.